The number of nitrogens with two attached hydrogens (primary N) is 1. The monoisotopic (exact) mass is 214 g/mol. The molecule has 0 amide bonds. The van der Waals surface area contributed by atoms with Crippen molar-refractivity contribution in [3.63, 3.8) is 0 Å². The molecule has 0 aromatic rings. The van der Waals surface area contributed by atoms with Gasteiger partial charge in [-0.3, -0.25) is 4.90 Å². The van der Waals surface area contributed by atoms with Gasteiger partial charge in [0.05, 0.1) is 0 Å². The molecule has 0 bridgehead atoms. The maximum Gasteiger partial charge on any atom is 0.0329 e. The maximum absolute atomic E-state index is 6.00. The van der Waals surface area contributed by atoms with Crippen molar-refractivity contribution in [2.45, 2.75) is 66.0 Å². The lowest BCUT2D eigenvalue weighted by Gasteiger charge is -2.46. The van der Waals surface area contributed by atoms with E-state index in [4.69, 9.17) is 5.73 Å². The molecule has 0 heterocycles. The van der Waals surface area contributed by atoms with Crippen LogP contribution in [0.4, 0.5) is 0 Å². The number of hydrogen-bond donors (Lipinski definition) is 1. The Labute approximate surface area is 96.2 Å². The van der Waals surface area contributed by atoms with E-state index in [9.17, 15) is 0 Å². The van der Waals surface area contributed by atoms with Crippen LogP contribution in [0.1, 0.15) is 54.4 Å². The van der Waals surface area contributed by atoms with Crippen molar-refractivity contribution in [3.05, 3.63) is 0 Å². The van der Waals surface area contributed by atoms with Crippen molar-refractivity contribution >= 4 is 0 Å². The topological polar surface area (TPSA) is 29.3 Å². The standard InChI is InChI=1S/C13H30N2/c1-7-13(8-2,10-14)15(12(5)6)9-11(3)4/h11-12H,7-10,14H2,1-6H3. The first-order chi connectivity index (χ1) is 6.93. The second-order valence-electron chi connectivity index (χ2n) is 5.28. The smallest absolute Gasteiger partial charge is 0.0329 e. The zero-order valence-corrected chi connectivity index (χ0v) is 11.5. The lowest BCUT2D eigenvalue weighted by atomic mass is 9.88. The van der Waals surface area contributed by atoms with Gasteiger partial charge >= 0.3 is 0 Å². The molecule has 0 aromatic heterocycles. The minimum atomic E-state index is 0.207. The fourth-order valence-electron chi connectivity index (χ4n) is 2.41. The van der Waals surface area contributed by atoms with Gasteiger partial charge in [-0.05, 0) is 32.6 Å². The van der Waals surface area contributed by atoms with Crippen LogP contribution in [-0.2, 0) is 0 Å². The van der Waals surface area contributed by atoms with Gasteiger partial charge in [0.25, 0.3) is 0 Å². The largest absolute Gasteiger partial charge is 0.329 e. The molecule has 0 saturated heterocycles. The molecule has 2 N–H and O–H groups in total. The molecule has 92 valence electrons. The zero-order valence-electron chi connectivity index (χ0n) is 11.5. The van der Waals surface area contributed by atoms with Crippen LogP contribution in [0.15, 0.2) is 0 Å². The summed E-state index contributed by atoms with van der Waals surface area (Å²) in [7, 11) is 0. The van der Waals surface area contributed by atoms with Crippen molar-refractivity contribution in [2.24, 2.45) is 11.7 Å². The number of hydrogen-bond acceptors (Lipinski definition) is 2. The molecule has 2 heteroatoms. The third-order valence-corrected chi connectivity index (χ3v) is 3.49. The first-order valence-electron chi connectivity index (χ1n) is 6.40. The predicted octanol–water partition coefficient (Wildman–Crippen LogP) is 2.87. The van der Waals surface area contributed by atoms with Gasteiger partial charge in [-0.25, -0.2) is 0 Å². The van der Waals surface area contributed by atoms with Crippen LogP contribution < -0.4 is 5.73 Å². The highest BCUT2D eigenvalue weighted by molar-refractivity contribution is 4.91. The van der Waals surface area contributed by atoms with Crippen molar-refractivity contribution in [1.29, 1.82) is 0 Å². The van der Waals surface area contributed by atoms with Gasteiger partial charge in [0.1, 0.15) is 0 Å². The molecule has 0 rings (SSSR count). The maximum atomic E-state index is 6.00. The molecule has 0 fully saturated rings. The van der Waals surface area contributed by atoms with Gasteiger partial charge in [0.15, 0.2) is 0 Å². The van der Waals surface area contributed by atoms with Crippen LogP contribution in [0, 0.1) is 5.92 Å². The van der Waals surface area contributed by atoms with Crippen LogP contribution in [-0.4, -0.2) is 29.6 Å². The Morgan fingerprint density at radius 1 is 1.07 bits per heavy atom. The van der Waals surface area contributed by atoms with E-state index in [0.717, 1.165) is 25.9 Å². The van der Waals surface area contributed by atoms with E-state index in [1.165, 1.54) is 0 Å². The molecule has 0 aliphatic carbocycles. The molecule has 0 unspecified atom stereocenters. The van der Waals surface area contributed by atoms with Gasteiger partial charge < -0.3 is 5.73 Å². The van der Waals surface area contributed by atoms with Crippen LogP contribution in [0.2, 0.25) is 0 Å². The molecule has 0 aliphatic heterocycles. The number of rotatable bonds is 7. The summed E-state index contributed by atoms with van der Waals surface area (Å²) in [6.45, 7) is 15.5. The van der Waals surface area contributed by atoms with E-state index >= 15 is 0 Å². The summed E-state index contributed by atoms with van der Waals surface area (Å²) in [5, 5.41) is 0. The van der Waals surface area contributed by atoms with Crippen molar-refractivity contribution < 1.29 is 0 Å². The molecule has 0 atom stereocenters. The van der Waals surface area contributed by atoms with Crippen molar-refractivity contribution in [2.75, 3.05) is 13.1 Å². The van der Waals surface area contributed by atoms with Crippen LogP contribution in [0.5, 0.6) is 0 Å². The van der Waals surface area contributed by atoms with E-state index in [1.807, 2.05) is 0 Å². The SMILES string of the molecule is CCC(CC)(CN)N(CC(C)C)C(C)C. The van der Waals surface area contributed by atoms with Gasteiger partial charge in [-0.2, -0.15) is 0 Å². The second kappa shape index (κ2) is 6.49. The van der Waals surface area contributed by atoms with Gasteiger partial charge in [-0.15, -0.1) is 0 Å². The Bertz CT molecular complexity index is 152. The minimum Gasteiger partial charge on any atom is -0.329 e. The van der Waals surface area contributed by atoms with Crippen LogP contribution in [0.3, 0.4) is 0 Å². The minimum absolute atomic E-state index is 0.207. The van der Waals surface area contributed by atoms with E-state index in [2.05, 4.69) is 46.4 Å². The average molecular weight is 214 g/mol. The molecule has 2 nitrogen and oxygen atoms in total. The highest BCUT2D eigenvalue weighted by Gasteiger charge is 2.33. The molecule has 0 saturated carbocycles. The molecular weight excluding hydrogens is 184 g/mol. The van der Waals surface area contributed by atoms with E-state index < -0.39 is 0 Å². The highest BCUT2D eigenvalue weighted by Crippen LogP contribution is 2.26. The number of nitrogens with zero attached hydrogens (tertiary/aromatic N) is 1. The first-order valence-corrected chi connectivity index (χ1v) is 6.40. The summed E-state index contributed by atoms with van der Waals surface area (Å²) < 4.78 is 0. The van der Waals surface area contributed by atoms with E-state index in [0.29, 0.717) is 12.0 Å². The highest BCUT2D eigenvalue weighted by atomic mass is 15.2. The first kappa shape index (κ1) is 14.9. The third kappa shape index (κ3) is 3.76. The van der Waals surface area contributed by atoms with Crippen molar-refractivity contribution in [3.8, 4) is 0 Å². The predicted molar refractivity (Wildman–Crippen MR) is 69.0 cm³/mol. The quantitative estimate of drug-likeness (QED) is 0.706. The zero-order chi connectivity index (χ0) is 12.1. The van der Waals surface area contributed by atoms with E-state index in [1.54, 1.807) is 0 Å². The summed E-state index contributed by atoms with van der Waals surface area (Å²) in [5.41, 5.74) is 6.21. The van der Waals surface area contributed by atoms with Crippen LogP contribution >= 0.6 is 0 Å². The Morgan fingerprint density at radius 3 is 1.73 bits per heavy atom. The van der Waals surface area contributed by atoms with Gasteiger partial charge in [-0.1, -0.05) is 27.7 Å². The van der Waals surface area contributed by atoms with Crippen molar-refractivity contribution in [1.82, 2.24) is 4.90 Å². The Morgan fingerprint density at radius 2 is 1.53 bits per heavy atom. The Balaban J connectivity index is 4.83. The Hall–Kier alpha value is -0.0800. The second-order valence-corrected chi connectivity index (χ2v) is 5.28. The third-order valence-electron chi connectivity index (χ3n) is 3.49. The average Bonchev–Trinajstić information content (AvgIpc) is 2.19. The molecule has 0 aromatic carbocycles. The summed E-state index contributed by atoms with van der Waals surface area (Å²) in [6, 6.07) is 0.579. The Kier molecular flexibility index (Phi) is 6.46. The summed E-state index contributed by atoms with van der Waals surface area (Å²) in [6.07, 6.45) is 2.29. The normalized spacial score (nSPS) is 13.2. The molecular formula is C13H30N2. The fraction of sp³-hybridized carbons (Fsp3) is 1.00. The van der Waals surface area contributed by atoms with Crippen LogP contribution in [0.25, 0.3) is 0 Å². The summed E-state index contributed by atoms with van der Waals surface area (Å²) in [4.78, 5) is 2.59. The van der Waals surface area contributed by atoms with Gasteiger partial charge in [0.2, 0.25) is 0 Å². The molecule has 15 heavy (non-hydrogen) atoms. The summed E-state index contributed by atoms with van der Waals surface area (Å²) >= 11 is 0. The molecule has 0 spiro atoms. The molecule has 0 aliphatic rings. The summed E-state index contributed by atoms with van der Waals surface area (Å²) in [5.74, 6) is 0.705. The lowest BCUT2D eigenvalue weighted by molar-refractivity contribution is 0.0424. The lowest BCUT2D eigenvalue weighted by Crippen LogP contribution is -2.57. The molecule has 0 radical (unpaired) electrons. The fourth-order valence-corrected chi connectivity index (χ4v) is 2.41. The van der Waals surface area contributed by atoms with Gasteiger partial charge in [0, 0.05) is 24.7 Å². The van der Waals surface area contributed by atoms with E-state index in [-0.39, 0.29) is 5.54 Å².